The molecule has 1 heterocycles. The van der Waals surface area contributed by atoms with Crippen LogP contribution in [0.25, 0.3) is 10.1 Å². The summed E-state index contributed by atoms with van der Waals surface area (Å²) in [4.78, 5) is 34.3. The maximum atomic E-state index is 13.7. The summed E-state index contributed by atoms with van der Waals surface area (Å²) in [5.41, 5.74) is -0.227. The third-order valence-electron chi connectivity index (χ3n) is 3.47. The van der Waals surface area contributed by atoms with Gasteiger partial charge in [-0.2, -0.15) is 0 Å². The lowest BCUT2D eigenvalue weighted by atomic mass is 10.2. The van der Waals surface area contributed by atoms with Gasteiger partial charge in [-0.1, -0.05) is 17.7 Å². The van der Waals surface area contributed by atoms with Gasteiger partial charge in [-0.3, -0.25) is 14.9 Å². The predicted molar refractivity (Wildman–Crippen MR) is 98.8 cm³/mol. The highest BCUT2D eigenvalue weighted by molar-refractivity contribution is 7.20. The topological polar surface area (TPSA) is 98.5 Å². The van der Waals surface area contributed by atoms with E-state index < -0.39 is 29.2 Å². The summed E-state index contributed by atoms with van der Waals surface area (Å²) in [7, 11) is 0. The van der Waals surface area contributed by atoms with Crippen LogP contribution in [0.2, 0.25) is 5.02 Å². The van der Waals surface area contributed by atoms with Crippen LogP contribution in [-0.4, -0.2) is 23.4 Å². The molecule has 0 aliphatic heterocycles. The van der Waals surface area contributed by atoms with Gasteiger partial charge in [0, 0.05) is 21.8 Å². The van der Waals surface area contributed by atoms with Gasteiger partial charge in [0.1, 0.15) is 15.7 Å². The van der Waals surface area contributed by atoms with Crippen molar-refractivity contribution in [2.45, 2.75) is 0 Å². The van der Waals surface area contributed by atoms with Crippen molar-refractivity contribution in [1.29, 1.82) is 0 Å². The standard InChI is InChI=1S/C17H10ClFN2O5S/c18-11-5-4-9(6-13(11)21(24)25)20-16(22)8-26-17(23)15-7-10-12(19)2-1-3-14(10)27-15/h1-7H,8H2,(H,20,22). The molecule has 1 amide bonds. The minimum Gasteiger partial charge on any atom is -0.451 e. The van der Waals surface area contributed by atoms with Crippen LogP contribution in [0.5, 0.6) is 0 Å². The average molecular weight is 409 g/mol. The zero-order chi connectivity index (χ0) is 19.6. The van der Waals surface area contributed by atoms with Crippen molar-refractivity contribution < 1.29 is 23.6 Å². The van der Waals surface area contributed by atoms with Crippen LogP contribution in [0.3, 0.4) is 0 Å². The SMILES string of the molecule is O=C(COC(=O)c1cc2c(F)cccc2s1)Nc1ccc(Cl)c([N+](=O)[O-])c1. The van der Waals surface area contributed by atoms with Crippen molar-refractivity contribution in [2.24, 2.45) is 0 Å². The Morgan fingerprint density at radius 1 is 1.26 bits per heavy atom. The van der Waals surface area contributed by atoms with E-state index in [1.807, 2.05) is 0 Å². The molecule has 0 bridgehead atoms. The number of nitrogens with one attached hydrogen (secondary N) is 1. The lowest BCUT2D eigenvalue weighted by Gasteiger charge is -2.06. The van der Waals surface area contributed by atoms with Gasteiger partial charge < -0.3 is 10.1 Å². The fourth-order valence-corrected chi connectivity index (χ4v) is 3.41. The summed E-state index contributed by atoms with van der Waals surface area (Å²) < 4.78 is 19.2. The van der Waals surface area contributed by atoms with E-state index in [-0.39, 0.29) is 21.3 Å². The summed E-state index contributed by atoms with van der Waals surface area (Å²) >= 11 is 6.74. The monoisotopic (exact) mass is 408 g/mol. The Morgan fingerprint density at radius 2 is 2.04 bits per heavy atom. The predicted octanol–water partition coefficient (Wildman–Crippen LogP) is 4.40. The molecule has 3 rings (SSSR count). The molecule has 0 aliphatic rings. The normalized spacial score (nSPS) is 10.6. The molecule has 0 radical (unpaired) electrons. The summed E-state index contributed by atoms with van der Waals surface area (Å²) in [6, 6.07) is 9.58. The van der Waals surface area contributed by atoms with Crippen molar-refractivity contribution in [3.05, 3.63) is 68.3 Å². The summed E-state index contributed by atoms with van der Waals surface area (Å²) in [5.74, 6) is -1.91. The van der Waals surface area contributed by atoms with Gasteiger partial charge in [-0.05, 0) is 30.3 Å². The molecule has 0 spiro atoms. The number of ether oxygens (including phenoxy) is 1. The molecule has 0 saturated carbocycles. The number of hydrogen-bond acceptors (Lipinski definition) is 6. The lowest BCUT2D eigenvalue weighted by molar-refractivity contribution is -0.384. The number of nitrogens with zero attached hydrogens (tertiary/aromatic N) is 1. The number of amides is 1. The molecule has 0 atom stereocenters. The van der Waals surface area contributed by atoms with Gasteiger partial charge in [0.05, 0.1) is 4.92 Å². The minimum absolute atomic E-state index is 0.0681. The number of esters is 1. The highest BCUT2D eigenvalue weighted by Crippen LogP contribution is 2.29. The molecule has 138 valence electrons. The lowest BCUT2D eigenvalue weighted by Crippen LogP contribution is -2.20. The molecule has 0 fully saturated rings. The molecule has 7 nitrogen and oxygen atoms in total. The largest absolute Gasteiger partial charge is 0.451 e. The van der Waals surface area contributed by atoms with Gasteiger partial charge in [0.2, 0.25) is 0 Å². The fourth-order valence-electron chi connectivity index (χ4n) is 2.26. The second-order valence-corrected chi connectivity index (χ2v) is 6.80. The number of rotatable bonds is 5. The molecule has 0 unspecified atom stereocenters. The van der Waals surface area contributed by atoms with E-state index in [0.717, 1.165) is 17.4 Å². The van der Waals surface area contributed by atoms with Crippen molar-refractivity contribution in [1.82, 2.24) is 0 Å². The Bertz CT molecular complexity index is 1070. The second kappa shape index (κ2) is 7.68. The maximum absolute atomic E-state index is 13.7. The highest BCUT2D eigenvalue weighted by atomic mass is 35.5. The zero-order valence-corrected chi connectivity index (χ0v) is 15.0. The van der Waals surface area contributed by atoms with Crippen LogP contribution in [0.1, 0.15) is 9.67 Å². The Kier molecular flexibility index (Phi) is 5.33. The Hall–Kier alpha value is -3.04. The van der Waals surface area contributed by atoms with Crippen LogP contribution >= 0.6 is 22.9 Å². The molecule has 27 heavy (non-hydrogen) atoms. The van der Waals surface area contributed by atoms with E-state index in [2.05, 4.69) is 5.32 Å². The molecule has 1 N–H and O–H groups in total. The number of nitro benzene ring substituents is 1. The molecule has 2 aromatic carbocycles. The van der Waals surface area contributed by atoms with Crippen molar-refractivity contribution in [3.63, 3.8) is 0 Å². The van der Waals surface area contributed by atoms with E-state index in [9.17, 15) is 24.1 Å². The highest BCUT2D eigenvalue weighted by Gasteiger charge is 2.17. The van der Waals surface area contributed by atoms with Crippen molar-refractivity contribution >= 4 is 56.3 Å². The smallest absolute Gasteiger partial charge is 0.348 e. The van der Waals surface area contributed by atoms with Crippen LogP contribution in [0.15, 0.2) is 42.5 Å². The molecule has 3 aromatic rings. The zero-order valence-electron chi connectivity index (χ0n) is 13.4. The first-order chi connectivity index (χ1) is 12.8. The number of benzene rings is 2. The Morgan fingerprint density at radius 3 is 2.74 bits per heavy atom. The number of carbonyl (C=O) groups excluding carboxylic acids is 2. The van der Waals surface area contributed by atoms with E-state index in [1.165, 1.54) is 30.3 Å². The van der Waals surface area contributed by atoms with Gasteiger partial charge >= 0.3 is 5.97 Å². The minimum atomic E-state index is -0.771. The number of carbonyl (C=O) groups is 2. The summed E-state index contributed by atoms with van der Waals surface area (Å²) in [6.45, 7) is -0.605. The van der Waals surface area contributed by atoms with Crippen LogP contribution in [0, 0.1) is 15.9 Å². The van der Waals surface area contributed by atoms with Gasteiger partial charge in [-0.25, -0.2) is 9.18 Å². The molecule has 0 aliphatic carbocycles. The third-order valence-corrected chi connectivity index (χ3v) is 4.87. The number of hydrogen-bond donors (Lipinski definition) is 1. The Balaban J connectivity index is 1.63. The van der Waals surface area contributed by atoms with E-state index in [0.29, 0.717) is 10.1 Å². The van der Waals surface area contributed by atoms with Crippen LogP contribution < -0.4 is 5.32 Å². The van der Waals surface area contributed by atoms with Crippen molar-refractivity contribution in [2.75, 3.05) is 11.9 Å². The molecule has 0 saturated heterocycles. The van der Waals surface area contributed by atoms with E-state index in [4.69, 9.17) is 16.3 Å². The number of halogens is 2. The second-order valence-electron chi connectivity index (χ2n) is 5.31. The molecular formula is C17H10ClFN2O5S. The van der Waals surface area contributed by atoms with E-state index in [1.54, 1.807) is 6.07 Å². The quantitative estimate of drug-likeness (QED) is 0.383. The molecule has 10 heteroatoms. The van der Waals surface area contributed by atoms with Crippen molar-refractivity contribution in [3.8, 4) is 0 Å². The van der Waals surface area contributed by atoms with Crippen LogP contribution in [-0.2, 0) is 9.53 Å². The Labute approximate surface area is 160 Å². The number of fused-ring (bicyclic) bond motifs is 1. The van der Waals surface area contributed by atoms with E-state index >= 15 is 0 Å². The third kappa shape index (κ3) is 4.21. The average Bonchev–Trinajstić information content (AvgIpc) is 3.07. The first kappa shape index (κ1) is 18.7. The number of anilines is 1. The number of thiophene rings is 1. The fraction of sp³-hybridized carbons (Fsp3) is 0.0588. The first-order valence-electron chi connectivity index (χ1n) is 7.44. The van der Waals surface area contributed by atoms with Gasteiger partial charge in [0.15, 0.2) is 6.61 Å². The summed E-state index contributed by atoms with van der Waals surface area (Å²) in [6.07, 6.45) is 0. The number of nitro groups is 1. The molecule has 1 aromatic heterocycles. The summed E-state index contributed by atoms with van der Waals surface area (Å²) in [5, 5.41) is 13.4. The first-order valence-corrected chi connectivity index (χ1v) is 8.63. The van der Waals surface area contributed by atoms with Crippen LogP contribution in [0.4, 0.5) is 15.8 Å². The van der Waals surface area contributed by atoms with Gasteiger partial charge in [-0.15, -0.1) is 11.3 Å². The van der Waals surface area contributed by atoms with Gasteiger partial charge in [0.25, 0.3) is 11.6 Å². The maximum Gasteiger partial charge on any atom is 0.348 e. The molecular weight excluding hydrogens is 399 g/mol.